The van der Waals surface area contributed by atoms with E-state index in [0.29, 0.717) is 11.2 Å². The van der Waals surface area contributed by atoms with Gasteiger partial charge in [-0.1, -0.05) is 6.07 Å². The third-order valence-corrected chi connectivity index (χ3v) is 3.99. The van der Waals surface area contributed by atoms with E-state index in [2.05, 4.69) is 10.6 Å². The van der Waals surface area contributed by atoms with Crippen LogP contribution in [0.4, 0.5) is 14.9 Å². The summed E-state index contributed by atoms with van der Waals surface area (Å²) in [5, 5.41) is 4.91. The fourth-order valence-electron chi connectivity index (χ4n) is 1.96. The van der Waals surface area contributed by atoms with Crippen molar-refractivity contribution in [2.45, 2.75) is 38.9 Å². The van der Waals surface area contributed by atoms with Crippen molar-refractivity contribution in [3.63, 3.8) is 0 Å². The van der Waals surface area contributed by atoms with Crippen LogP contribution in [0.1, 0.15) is 27.7 Å². The van der Waals surface area contributed by atoms with Gasteiger partial charge in [-0.3, -0.25) is 0 Å². The van der Waals surface area contributed by atoms with Gasteiger partial charge in [-0.15, -0.1) is 0 Å². The summed E-state index contributed by atoms with van der Waals surface area (Å²) in [4.78, 5) is 11.2. The monoisotopic (exact) mass is 294 g/mol. The first-order valence-electron chi connectivity index (χ1n) is 6.80. The first-order valence-corrected chi connectivity index (χ1v) is 6.80. The molecule has 1 aliphatic rings. The number of anilines is 1. The topological polar surface area (TPSA) is 59.6 Å². The van der Waals surface area contributed by atoms with Crippen LogP contribution in [0.5, 0.6) is 0 Å². The van der Waals surface area contributed by atoms with Crippen LogP contribution in [-0.2, 0) is 9.31 Å². The molecule has 0 bridgehead atoms. The van der Waals surface area contributed by atoms with Crippen LogP contribution in [0.25, 0.3) is 0 Å². The molecular weight excluding hydrogens is 274 g/mol. The summed E-state index contributed by atoms with van der Waals surface area (Å²) in [6.07, 6.45) is 0. The van der Waals surface area contributed by atoms with Crippen LogP contribution in [0.2, 0.25) is 0 Å². The standard InChI is InChI=1S/C14H20BFN2O3/c1-13(2)14(3,4)21-15(20-13)10-7-6-9(8-11(10)16)18-12(19)17-5/h6-8H,1-5H3,(H2,17,18,19). The van der Waals surface area contributed by atoms with Crippen molar-refractivity contribution in [2.24, 2.45) is 0 Å². The van der Waals surface area contributed by atoms with E-state index in [9.17, 15) is 9.18 Å². The number of hydrogen-bond donors (Lipinski definition) is 2. The Labute approximate surface area is 124 Å². The molecule has 0 aliphatic carbocycles. The Bertz CT molecular complexity index is 547. The van der Waals surface area contributed by atoms with Crippen molar-refractivity contribution < 1.29 is 18.5 Å². The van der Waals surface area contributed by atoms with Gasteiger partial charge >= 0.3 is 13.1 Å². The fourth-order valence-corrected chi connectivity index (χ4v) is 1.96. The normalized spacial score (nSPS) is 19.4. The Balaban J connectivity index is 2.21. The lowest BCUT2D eigenvalue weighted by atomic mass is 9.78. The highest BCUT2D eigenvalue weighted by Crippen LogP contribution is 2.36. The second-order valence-electron chi connectivity index (χ2n) is 6.03. The highest BCUT2D eigenvalue weighted by atomic mass is 19.1. The minimum Gasteiger partial charge on any atom is -0.399 e. The smallest absolute Gasteiger partial charge is 0.399 e. The van der Waals surface area contributed by atoms with Crippen LogP contribution in [0.3, 0.4) is 0 Å². The van der Waals surface area contributed by atoms with Crippen molar-refractivity contribution in [3.8, 4) is 0 Å². The summed E-state index contributed by atoms with van der Waals surface area (Å²) in [6, 6.07) is 4.01. The first kappa shape index (κ1) is 15.8. The van der Waals surface area contributed by atoms with Gasteiger partial charge in [0.15, 0.2) is 0 Å². The fraction of sp³-hybridized carbons (Fsp3) is 0.500. The molecule has 1 aromatic rings. The summed E-state index contributed by atoms with van der Waals surface area (Å²) < 4.78 is 25.9. The predicted octanol–water partition coefficient (Wildman–Crippen LogP) is 1.88. The molecule has 0 atom stereocenters. The zero-order chi connectivity index (χ0) is 15.8. The van der Waals surface area contributed by atoms with E-state index in [1.807, 2.05) is 27.7 Å². The van der Waals surface area contributed by atoms with Crippen molar-refractivity contribution >= 4 is 24.3 Å². The molecule has 7 heteroatoms. The maximum Gasteiger partial charge on any atom is 0.497 e. The van der Waals surface area contributed by atoms with Gasteiger partial charge in [0.25, 0.3) is 0 Å². The van der Waals surface area contributed by atoms with E-state index < -0.39 is 30.2 Å². The SMILES string of the molecule is CNC(=O)Nc1ccc(B2OC(C)(C)C(C)(C)O2)c(F)c1. The van der Waals surface area contributed by atoms with Crippen LogP contribution >= 0.6 is 0 Å². The minimum atomic E-state index is -0.760. The van der Waals surface area contributed by atoms with Crippen molar-refractivity contribution in [2.75, 3.05) is 12.4 Å². The van der Waals surface area contributed by atoms with E-state index in [1.165, 1.54) is 13.1 Å². The minimum absolute atomic E-state index is 0.316. The molecule has 1 heterocycles. The third-order valence-electron chi connectivity index (χ3n) is 3.99. The van der Waals surface area contributed by atoms with Gasteiger partial charge in [0.2, 0.25) is 0 Å². The van der Waals surface area contributed by atoms with Gasteiger partial charge in [-0.2, -0.15) is 0 Å². The maximum absolute atomic E-state index is 14.2. The zero-order valence-electron chi connectivity index (χ0n) is 12.9. The number of carbonyl (C=O) groups is 1. The summed E-state index contributed by atoms with van der Waals surface area (Å²) in [5.41, 5.74) is -0.366. The molecule has 0 aromatic heterocycles. The van der Waals surface area contributed by atoms with E-state index in [-0.39, 0.29) is 0 Å². The number of halogens is 1. The zero-order valence-corrected chi connectivity index (χ0v) is 12.9. The number of benzene rings is 1. The number of carbonyl (C=O) groups excluding carboxylic acids is 1. The molecule has 1 aliphatic heterocycles. The highest BCUT2D eigenvalue weighted by Gasteiger charge is 2.52. The number of urea groups is 1. The van der Waals surface area contributed by atoms with Crippen molar-refractivity contribution in [1.82, 2.24) is 5.32 Å². The maximum atomic E-state index is 14.2. The predicted molar refractivity (Wildman–Crippen MR) is 80.2 cm³/mol. The summed E-state index contributed by atoms with van der Waals surface area (Å²) in [5.74, 6) is -0.484. The number of amides is 2. The van der Waals surface area contributed by atoms with Crippen LogP contribution in [-0.4, -0.2) is 31.4 Å². The second kappa shape index (κ2) is 5.31. The van der Waals surface area contributed by atoms with Crippen molar-refractivity contribution in [3.05, 3.63) is 24.0 Å². The number of rotatable bonds is 2. The molecule has 0 radical (unpaired) electrons. The molecule has 5 nitrogen and oxygen atoms in total. The Kier molecular flexibility index (Phi) is 3.99. The summed E-state index contributed by atoms with van der Waals surface area (Å²) >= 11 is 0. The Morgan fingerprint density at radius 1 is 1.19 bits per heavy atom. The van der Waals surface area contributed by atoms with E-state index in [1.54, 1.807) is 12.1 Å². The lowest BCUT2D eigenvalue weighted by Crippen LogP contribution is -2.41. The van der Waals surface area contributed by atoms with Gasteiger partial charge in [0, 0.05) is 18.2 Å². The molecule has 114 valence electrons. The van der Waals surface area contributed by atoms with E-state index in [4.69, 9.17) is 9.31 Å². The Morgan fingerprint density at radius 3 is 2.24 bits per heavy atom. The van der Waals surface area contributed by atoms with Gasteiger partial charge < -0.3 is 19.9 Å². The molecule has 2 rings (SSSR count). The van der Waals surface area contributed by atoms with Crippen LogP contribution < -0.4 is 16.1 Å². The molecule has 2 amide bonds. The van der Waals surface area contributed by atoms with Crippen LogP contribution in [0.15, 0.2) is 18.2 Å². The Morgan fingerprint density at radius 2 is 1.76 bits per heavy atom. The second-order valence-corrected chi connectivity index (χ2v) is 6.03. The molecule has 1 fully saturated rings. The van der Waals surface area contributed by atoms with Gasteiger partial charge in [-0.05, 0) is 39.8 Å². The highest BCUT2D eigenvalue weighted by molar-refractivity contribution is 6.62. The lowest BCUT2D eigenvalue weighted by Gasteiger charge is -2.32. The van der Waals surface area contributed by atoms with Crippen molar-refractivity contribution in [1.29, 1.82) is 0 Å². The molecular formula is C14H20BFN2O3. The molecule has 21 heavy (non-hydrogen) atoms. The molecule has 1 aromatic carbocycles. The third kappa shape index (κ3) is 3.03. The van der Waals surface area contributed by atoms with Gasteiger partial charge in [-0.25, -0.2) is 9.18 Å². The molecule has 1 saturated heterocycles. The van der Waals surface area contributed by atoms with Gasteiger partial charge in [0.1, 0.15) is 5.82 Å². The number of nitrogens with one attached hydrogen (secondary N) is 2. The average Bonchev–Trinajstić information content (AvgIpc) is 2.58. The summed E-state index contributed by atoms with van der Waals surface area (Å²) in [7, 11) is 0.730. The Hall–Kier alpha value is -1.60. The van der Waals surface area contributed by atoms with E-state index >= 15 is 0 Å². The average molecular weight is 294 g/mol. The largest absolute Gasteiger partial charge is 0.497 e. The molecule has 0 unspecified atom stereocenters. The molecule has 0 saturated carbocycles. The molecule has 2 N–H and O–H groups in total. The quantitative estimate of drug-likeness (QED) is 0.819. The van der Waals surface area contributed by atoms with E-state index in [0.717, 1.165) is 0 Å². The van der Waals surface area contributed by atoms with Crippen LogP contribution in [0, 0.1) is 5.82 Å². The van der Waals surface area contributed by atoms with Gasteiger partial charge in [0.05, 0.1) is 11.2 Å². The lowest BCUT2D eigenvalue weighted by molar-refractivity contribution is 0.00578. The summed E-state index contributed by atoms with van der Waals surface area (Å²) in [6.45, 7) is 7.64. The molecule has 0 spiro atoms. The number of hydrogen-bond acceptors (Lipinski definition) is 3. The first-order chi connectivity index (χ1) is 9.66.